The molecule has 3 aromatic rings. The highest BCUT2D eigenvalue weighted by Crippen LogP contribution is 2.32. The molecule has 0 unspecified atom stereocenters. The molecule has 0 aliphatic carbocycles. The number of fused-ring (bicyclic) bond motifs is 1. The Morgan fingerprint density at radius 2 is 1.80 bits per heavy atom. The molecule has 0 amide bonds. The van der Waals surface area contributed by atoms with E-state index in [1.165, 1.54) is 0 Å². The number of carbonyl (C=O) groups is 1. The van der Waals surface area contributed by atoms with Gasteiger partial charge in [-0.3, -0.25) is 0 Å². The van der Waals surface area contributed by atoms with Crippen LogP contribution in [0, 0.1) is 0 Å². The number of halogens is 3. The molecule has 1 N–H and O–H groups in total. The minimum Gasteiger partial charge on any atom is -0.476 e. The normalized spacial score (nSPS) is 12.1. The summed E-state index contributed by atoms with van der Waals surface area (Å²) in [7, 11) is 0. The first-order valence-electron chi connectivity index (χ1n) is 7.48. The molecule has 25 heavy (non-hydrogen) atoms. The number of rotatable bonds is 3. The van der Waals surface area contributed by atoms with Crippen LogP contribution in [0.3, 0.4) is 0 Å². The van der Waals surface area contributed by atoms with Crippen LogP contribution in [0.2, 0.25) is 0 Å². The van der Waals surface area contributed by atoms with E-state index in [2.05, 4.69) is 10.1 Å². The Balaban J connectivity index is 2.20. The number of alkyl halides is 3. The molecule has 0 bridgehead atoms. The van der Waals surface area contributed by atoms with Gasteiger partial charge in [0, 0.05) is 11.6 Å². The van der Waals surface area contributed by atoms with E-state index in [0.717, 1.165) is 17.7 Å². The lowest BCUT2D eigenvalue weighted by Gasteiger charge is -2.11. The van der Waals surface area contributed by atoms with Gasteiger partial charge in [-0.05, 0) is 17.5 Å². The summed E-state index contributed by atoms with van der Waals surface area (Å²) in [6.45, 7) is 4.03. The van der Waals surface area contributed by atoms with Gasteiger partial charge in [0.1, 0.15) is 0 Å². The summed E-state index contributed by atoms with van der Waals surface area (Å²) in [6.07, 6.45) is -4.70. The molecular formula is C17H14F3N3O2. The molecule has 0 spiro atoms. The molecule has 0 aliphatic rings. The number of carboxylic acid groups (broad SMARTS) is 1. The smallest absolute Gasteiger partial charge is 0.433 e. The van der Waals surface area contributed by atoms with Crippen LogP contribution in [0.5, 0.6) is 0 Å². The van der Waals surface area contributed by atoms with E-state index in [9.17, 15) is 18.0 Å². The molecular weight excluding hydrogens is 335 g/mol. The third-order valence-corrected chi connectivity index (χ3v) is 3.81. The lowest BCUT2D eigenvalue weighted by molar-refractivity contribution is -0.142. The van der Waals surface area contributed by atoms with Crippen molar-refractivity contribution >= 4 is 11.6 Å². The second kappa shape index (κ2) is 5.87. The summed E-state index contributed by atoms with van der Waals surface area (Å²) in [5.41, 5.74) is -0.0748. The molecule has 2 aromatic heterocycles. The topological polar surface area (TPSA) is 67.5 Å². The fourth-order valence-electron chi connectivity index (χ4n) is 2.47. The van der Waals surface area contributed by atoms with Gasteiger partial charge >= 0.3 is 12.1 Å². The zero-order chi connectivity index (χ0) is 18.4. The van der Waals surface area contributed by atoms with Crippen molar-refractivity contribution in [3.8, 4) is 11.3 Å². The fraction of sp³-hybridized carbons (Fsp3) is 0.235. The van der Waals surface area contributed by atoms with E-state index in [1.54, 1.807) is 12.1 Å². The van der Waals surface area contributed by atoms with Crippen molar-refractivity contribution in [3.63, 3.8) is 0 Å². The highest BCUT2D eigenvalue weighted by atomic mass is 19.4. The van der Waals surface area contributed by atoms with E-state index in [0.29, 0.717) is 16.0 Å². The van der Waals surface area contributed by atoms with Gasteiger partial charge in [0.05, 0.1) is 5.69 Å². The van der Waals surface area contributed by atoms with Gasteiger partial charge in [0.25, 0.3) is 0 Å². The molecule has 5 nitrogen and oxygen atoms in total. The number of aromatic carboxylic acids is 1. The van der Waals surface area contributed by atoms with Gasteiger partial charge in [-0.1, -0.05) is 38.1 Å². The Labute approximate surface area is 140 Å². The largest absolute Gasteiger partial charge is 0.476 e. The van der Waals surface area contributed by atoms with E-state index < -0.39 is 23.5 Å². The van der Waals surface area contributed by atoms with Gasteiger partial charge in [0.15, 0.2) is 17.0 Å². The number of nitrogens with zero attached hydrogens (tertiary/aromatic N) is 3. The molecule has 0 saturated carbocycles. The zero-order valence-corrected chi connectivity index (χ0v) is 13.4. The molecule has 0 aliphatic heterocycles. The molecule has 0 atom stereocenters. The van der Waals surface area contributed by atoms with Crippen LogP contribution < -0.4 is 0 Å². The Hall–Kier alpha value is -2.90. The fourth-order valence-corrected chi connectivity index (χ4v) is 2.47. The molecule has 0 fully saturated rings. The Kier molecular flexibility index (Phi) is 3.98. The van der Waals surface area contributed by atoms with Crippen LogP contribution in [0.1, 0.15) is 41.5 Å². The Morgan fingerprint density at radius 3 is 2.32 bits per heavy atom. The third-order valence-electron chi connectivity index (χ3n) is 3.81. The summed E-state index contributed by atoms with van der Waals surface area (Å²) < 4.78 is 40.6. The SMILES string of the molecule is CC(C)c1ccc(-c2cc(C(F)(F)F)n3nc(C(=O)O)cc3n2)cc1. The number of aromatic nitrogens is 3. The summed E-state index contributed by atoms with van der Waals surface area (Å²) in [6, 6.07) is 8.95. The second-order valence-corrected chi connectivity index (χ2v) is 5.91. The van der Waals surface area contributed by atoms with E-state index in [1.807, 2.05) is 26.0 Å². The van der Waals surface area contributed by atoms with Crippen molar-refractivity contribution in [2.24, 2.45) is 0 Å². The van der Waals surface area contributed by atoms with Crippen molar-refractivity contribution in [1.29, 1.82) is 0 Å². The number of hydrogen-bond donors (Lipinski definition) is 1. The quantitative estimate of drug-likeness (QED) is 0.768. The van der Waals surface area contributed by atoms with Gasteiger partial charge in [-0.2, -0.15) is 18.3 Å². The summed E-state index contributed by atoms with van der Waals surface area (Å²) >= 11 is 0. The highest BCUT2D eigenvalue weighted by molar-refractivity contribution is 5.86. The molecule has 0 radical (unpaired) electrons. The molecule has 0 saturated heterocycles. The number of benzene rings is 1. The average molecular weight is 349 g/mol. The number of carboxylic acids is 1. The van der Waals surface area contributed by atoms with E-state index in [4.69, 9.17) is 5.11 Å². The first-order valence-corrected chi connectivity index (χ1v) is 7.48. The van der Waals surface area contributed by atoms with Gasteiger partial charge in [-0.25, -0.2) is 14.3 Å². The van der Waals surface area contributed by atoms with Crippen LogP contribution in [0.4, 0.5) is 13.2 Å². The average Bonchev–Trinajstić information content (AvgIpc) is 2.97. The van der Waals surface area contributed by atoms with Crippen LogP contribution in [-0.2, 0) is 6.18 Å². The lowest BCUT2D eigenvalue weighted by atomic mass is 10.0. The molecule has 130 valence electrons. The van der Waals surface area contributed by atoms with Crippen molar-refractivity contribution in [1.82, 2.24) is 14.6 Å². The standard InChI is InChI=1S/C17H14F3N3O2/c1-9(2)10-3-5-11(6-4-10)12-7-14(17(18,19)20)23-15(21-12)8-13(22-23)16(24)25/h3-9H,1-2H3,(H,24,25). The van der Waals surface area contributed by atoms with Gasteiger partial charge in [-0.15, -0.1) is 0 Å². The number of hydrogen-bond acceptors (Lipinski definition) is 3. The maximum atomic E-state index is 13.4. The van der Waals surface area contributed by atoms with Crippen LogP contribution in [0.15, 0.2) is 36.4 Å². The second-order valence-electron chi connectivity index (χ2n) is 5.91. The summed E-state index contributed by atoms with van der Waals surface area (Å²) in [4.78, 5) is 15.1. The summed E-state index contributed by atoms with van der Waals surface area (Å²) in [5, 5.41) is 12.4. The minimum absolute atomic E-state index is 0.104. The highest BCUT2D eigenvalue weighted by Gasteiger charge is 2.35. The first kappa shape index (κ1) is 16.9. The van der Waals surface area contributed by atoms with E-state index in [-0.39, 0.29) is 11.3 Å². The van der Waals surface area contributed by atoms with Crippen molar-refractivity contribution in [2.75, 3.05) is 0 Å². The lowest BCUT2D eigenvalue weighted by Crippen LogP contribution is -2.14. The first-order chi connectivity index (χ1) is 11.7. The maximum Gasteiger partial charge on any atom is 0.433 e. The minimum atomic E-state index is -4.70. The van der Waals surface area contributed by atoms with Crippen molar-refractivity contribution in [2.45, 2.75) is 25.9 Å². The maximum absolute atomic E-state index is 13.4. The van der Waals surface area contributed by atoms with Crippen molar-refractivity contribution < 1.29 is 23.1 Å². The molecule has 1 aromatic carbocycles. The molecule has 3 rings (SSSR count). The van der Waals surface area contributed by atoms with Gasteiger partial charge < -0.3 is 5.11 Å². The monoisotopic (exact) mass is 349 g/mol. The molecule has 8 heteroatoms. The van der Waals surface area contributed by atoms with Crippen molar-refractivity contribution in [3.05, 3.63) is 53.3 Å². The van der Waals surface area contributed by atoms with Crippen LogP contribution in [0.25, 0.3) is 16.9 Å². The zero-order valence-electron chi connectivity index (χ0n) is 13.4. The van der Waals surface area contributed by atoms with E-state index >= 15 is 0 Å². The predicted octanol–water partition coefficient (Wildman–Crippen LogP) is 4.24. The van der Waals surface area contributed by atoms with Crippen LogP contribution >= 0.6 is 0 Å². The molecule has 2 heterocycles. The van der Waals surface area contributed by atoms with Gasteiger partial charge in [0.2, 0.25) is 0 Å². The third kappa shape index (κ3) is 3.19. The Bertz CT molecular complexity index is 944. The Morgan fingerprint density at radius 1 is 1.16 bits per heavy atom. The van der Waals surface area contributed by atoms with Crippen LogP contribution in [-0.4, -0.2) is 25.7 Å². The summed E-state index contributed by atoms with van der Waals surface area (Å²) in [5.74, 6) is -1.12. The predicted molar refractivity (Wildman–Crippen MR) is 84.5 cm³/mol.